The minimum Gasteiger partial charge on any atom is -0.265 e. The van der Waals surface area contributed by atoms with Crippen LogP contribution in [-0.2, 0) is 0 Å². The first-order valence-corrected chi connectivity index (χ1v) is 12.6. The average Bonchev–Trinajstić information content (AvgIpc) is 3.59. The van der Waals surface area contributed by atoms with Gasteiger partial charge >= 0.3 is 0 Å². The van der Waals surface area contributed by atoms with Gasteiger partial charge in [0.25, 0.3) is 5.91 Å². The molecule has 32 heavy (non-hydrogen) atoms. The average molecular weight is 456 g/mol. The summed E-state index contributed by atoms with van der Waals surface area (Å²) in [4.78, 5) is 20.8. The third-order valence-electron chi connectivity index (χ3n) is 6.22. The minimum absolute atomic E-state index is 0.0715. The van der Waals surface area contributed by atoms with Gasteiger partial charge in [-0.05, 0) is 65.9 Å². The maximum Gasteiger partial charge on any atom is 0.293 e. The Labute approximate surface area is 194 Å². The van der Waals surface area contributed by atoms with E-state index in [0.717, 1.165) is 35.9 Å². The number of hydrogen-bond donors (Lipinski definition) is 0. The first-order valence-electron chi connectivity index (χ1n) is 10.8. The van der Waals surface area contributed by atoms with Gasteiger partial charge in [-0.1, -0.05) is 36.4 Å². The molecule has 2 unspecified atom stereocenters. The fourth-order valence-corrected chi connectivity index (χ4v) is 6.31. The molecule has 0 radical (unpaired) electrons. The Morgan fingerprint density at radius 1 is 1.00 bits per heavy atom. The Morgan fingerprint density at radius 3 is 2.72 bits per heavy atom. The number of benzene rings is 1. The largest absolute Gasteiger partial charge is 0.293 e. The summed E-state index contributed by atoms with van der Waals surface area (Å²) < 4.78 is 0. The monoisotopic (exact) mass is 455 g/mol. The molecule has 0 spiro atoms. The van der Waals surface area contributed by atoms with Gasteiger partial charge in [0.1, 0.15) is 5.69 Å². The van der Waals surface area contributed by atoms with E-state index in [0.29, 0.717) is 5.69 Å². The molecule has 2 aliphatic rings. The van der Waals surface area contributed by atoms with Crippen LogP contribution in [0.2, 0.25) is 0 Å². The Kier molecular flexibility index (Phi) is 4.97. The number of rotatable bonds is 3. The maximum absolute atomic E-state index is 13.7. The molecule has 1 aliphatic heterocycles. The second-order valence-corrected chi connectivity index (χ2v) is 10.1. The minimum atomic E-state index is -0.133. The Hall–Kier alpha value is -3.09. The lowest BCUT2D eigenvalue weighted by Gasteiger charge is -2.28. The second-order valence-electron chi connectivity index (χ2n) is 8.17. The molecule has 158 valence electrons. The Bertz CT molecular complexity index is 1340. The molecule has 4 aromatic rings. The molecule has 2 atom stereocenters. The summed E-state index contributed by atoms with van der Waals surface area (Å²) in [7, 11) is 0. The number of thiophene rings is 2. The van der Waals surface area contributed by atoms with Crippen molar-refractivity contribution in [3.63, 3.8) is 0 Å². The first-order chi connectivity index (χ1) is 15.8. The molecule has 6 heteroatoms. The molecule has 3 aromatic heterocycles. The number of nitrogens with zero attached hydrogens (tertiary/aromatic N) is 3. The number of hydrazone groups is 1. The highest BCUT2D eigenvalue weighted by Crippen LogP contribution is 2.46. The van der Waals surface area contributed by atoms with Crippen molar-refractivity contribution >= 4 is 51.3 Å². The van der Waals surface area contributed by atoms with Gasteiger partial charge in [0, 0.05) is 21.1 Å². The summed E-state index contributed by atoms with van der Waals surface area (Å²) in [5.74, 6) is 0.0875. The van der Waals surface area contributed by atoms with E-state index in [1.165, 1.54) is 15.3 Å². The Balaban J connectivity index is 1.43. The van der Waals surface area contributed by atoms with Crippen LogP contribution in [0.5, 0.6) is 0 Å². The van der Waals surface area contributed by atoms with Gasteiger partial charge in [-0.15, -0.1) is 22.7 Å². The molecule has 4 heterocycles. The highest BCUT2D eigenvalue weighted by Gasteiger charge is 2.44. The van der Waals surface area contributed by atoms with Crippen LogP contribution in [0.25, 0.3) is 17.0 Å². The van der Waals surface area contributed by atoms with Crippen LogP contribution in [-0.4, -0.2) is 21.6 Å². The van der Waals surface area contributed by atoms with Crippen LogP contribution in [0.3, 0.4) is 0 Å². The molecule has 0 N–H and O–H groups in total. The second kappa shape index (κ2) is 8.11. The smallest absolute Gasteiger partial charge is 0.265 e. The first kappa shape index (κ1) is 19.6. The van der Waals surface area contributed by atoms with Crippen molar-refractivity contribution in [3.05, 3.63) is 92.4 Å². The maximum atomic E-state index is 13.7. The molecule has 1 amide bonds. The molecule has 0 bridgehead atoms. The SMILES string of the molecule is O=C(c1ccc2ccccc2n1)N1N=C2C(=Cc3cccs3)CCCC2C1c1cccs1. The molecule has 1 aromatic carbocycles. The quantitative estimate of drug-likeness (QED) is 0.341. The lowest BCUT2D eigenvalue weighted by molar-refractivity contribution is 0.0678. The molecule has 1 aliphatic carbocycles. The molecule has 0 saturated heterocycles. The van der Waals surface area contributed by atoms with Crippen molar-refractivity contribution in [2.24, 2.45) is 11.0 Å². The van der Waals surface area contributed by atoms with E-state index in [1.807, 2.05) is 36.4 Å². The number of para-hydroxylation sites is 1. The van der Waals surface area contributed by atoms with Gasteiger partial charge in [-0.2, -0.15) is 5.10 Å². The number of carbonyl (C=O) groups excluding carboxylic acids is 1. The lowest BCUT2D eigenvalue weighted by Crippen LogP contribution is -2.31. The van der Waals surface area contributed by atoms with Crippen molar-refractivity contribution < 1.29 is 4.79 Å². The summed E-state index contributed by atoms with van der Waals surface area (Å²) in [6.45, 7) is 0. The summed E-state index contributed by atoms with van der Waals surface area (Å²) in [6, 6.07) is 20.0. The lowest BCUT2D eigenvalue weighted by atomic mass is 9.79. The highest BCUT2D eigenvalue weighted by molar-refractivity contribution is 7.11. The van der Waals surface area contributed by atoms with Crippen LogP contribution in [0.4, 0.5) is 0 Å². The van der Waals surface area contributed by atoms with Gasteiger partial charge in [-0.3, -0.25) is 4.79 Å². The standard InChI is InChI=1S/C26H21N3OS2/c30-26(22-13-12-17-6-1-2-10-21(17)27-22)29-25(23-11-5-15-32-23)20-9-3-7-18(24(20)28-29)16-19-8-4-14-31-19/h1-2,4-6,8,10-16,20,25H,3,7,9H2. The van der Waals surface area contributed by atoms with Crippen molar-refractivity contribution in [1.29, 1.82) is 0 Å². The van der Waals surface area contributed by atoms with Crippen LogP contribution in [0.1, 0.15) is 45.5 Å². The van der Waals surface area contributed by atoms with Gasteiger partial charge in [0.2, 0.25) is 0 Å². The van der Waals surface area contributed by atoms with Gasteiger partial charge in [0.05, 0.1) is 17.3 Å². The van der Waals surface area contributed by atoms with E-state index in [4.69, 9.17) is 5.10 Å². The zero-order valence-electron chi connectivity index (χ0n) is 17.3. The topological polar surface area (TPSA) is 45.6 Å². The highest BCUT2D eigenvalue weighted by atomic mass is 32.1. The zero-order chi connectivity index (χ0) is 21.5. The number of hydrogen-bond acceptors (Lipinski definition) is 5. The fourth-order valence-electron chi connectivity index (χ4n) is 4.75. The van der Waals surface area contributed by atoms with Crippen LogP contribution in [0, 0.1) is 5.92 Å². The van der Waals surface area contributed by atoms with Gasteiger partial charge in [-0.25, -0.2) is 9.99 Å². The van der Waals surface area contributed by atoms with Crippen LogP contribution >= 0.6 is 22.7 Å². The van der Waals surface area contributed by atoms with Crippen molar-refractivity contribution in [3.8, 4) is 0 Å². The number of fused-ring (bicyclic) bond motifs is 2. The molecule has 6 rings (SSSR count). The normalized spacial score (nSPS) is 21.7. The van der Waals surface area contributed by atoms with Crippen molar-refractivity contribution in [2.75, 3.05) is 0 Å². The molecule has 1 fully saturated rings. The summed E-state index contributed by atoms with van der Waals surface area (Å²) in [6.07, 6.45) is 5.40. The third kappa shape index (κ3) is 3.40. The van der Waals surface area contributed by atoms with E-state index in [2.05, 4.69) is 46.1 Å². The number of allylic oxidation sites excluding steroid dienone is 1. The molecule has 1 saturated carbocycles. The van der Waals surface area contributed by atoms with E-state index in [9.17, 15) is 4.79 Å². The van der Waals surface area contributed by atoms with Gasteiger partial charge < -0.3 is 0 Å². The molecular weight excluding hydrogens is 434 g/mol. The zero-order valence-corrected chi connectivity index (χ0v) is 19.0. The third-order valence-corrected chi connectivity index (χ3v) is 7.98. The molecule has 4 nitrogen and oxygen atoms in total. The number of carbonyl (C=O) groups is 1. The molecular formula is C26H21N3OS2. The van der Waals surface area contributed by atoms with Crippen LogP contribution < -0.4 is 0 Å². The summed E-state index contributed by atoms with van der Waals surface area (Å²) in [5.41, 5.74) is 3.59. The van der Waals surface area contributed by atoms with E-state index in [1.54, 1.807) is 27.7 Å². The fraction of sp³-hybridized carbons (Fsp3) is 0.192. The van der Waals surface area contributed by atoms with Crippen LogP contribution in [0.15, 0.2) is 82.1 Å². The van der Waals surface area contributed by atoms with E-state index in [-0.39, 0.29) is 17.9 Å². The number of aromatic nitrogens is 1. The predicted molar refractivity (Wildman–Crippen MR) is 132 cm³/mol. The predicted octanol–water partition coefficient (Wildman–Crippen LogP) is 6.79. The Morgan fingerprint density at radius 2 is 1.88 bits per heavy atom. The van der Waals surface area contributed by atoms with Gasteiger partial charge in [0.15, 0.2) is 0 Å². The van der Waals surface area contributed by atoms with E-state index >= 15 is 0 Å². The van der Waals surface area contributed by atoms with Crippen molar-refractivity contribution in [2.45, 2.75) is 25.3 Å². The number of amides is 1. The summed E-state index contributed by atoms with van der Waals surface area (Å²) >= 11 is 3.43. The van der Waals surface area contributed by atoms with Crippen molar-refractivity contribution in [1.82, 2.24) is 9.99 Å². The summed E-state index contributed by atoms with van der Waals surface area (Å²) in [5, 5.41) is 11.9. The van der Waals surface area contributed by atoms with E-state index < -0.39 is 0 Å². The number of pyridine rings is 1.